The van der Waals surface area contributed by atoms with Gasteiger partial charge >= 0.3 is 59.7 Å². The number of rotatable bonds is 33. The Labute approximate surface area is 468 Å². The van der Waals surface area contributed by atoms with Crippen LogP contribution in [0.3, 0.4) is 0 Å². The van der Waals surface area contributed by atoms with Crippen molar-refractivity contribution in [2.45, 2.75) is 104 Å². The number of benzene rings is 4. The van der Waals surface area contributed by atoms with Gasteiger partial charge < -0.3 is 66.5 Å². The van der Waals surface area contributed by atoms with Crippen LogP contribution in [-0.4, -0.2) is 121 Å². The Hall–Kier alpha value is -9.74. The molecule has 0 saturated heterocycles. The number of ketones is 4. The number of hydrogen-bond acceptors (Lipinski definition) is 24. The van der Waals surface area contributed by atoms with Gasteiger partial charge in [-0.3, -0.25) is 28.8 Å². The third kappa shape index (κ3) is 23.7. The predicted octanol–water partition coefficient (Wildman–Crippen LogP) is 6.12. The summed E-state index contributed by atoms with van der Waals surface area (Å²) in [7, 11) is 0. The summed E-state index contributed by atoms with van der Waals surface area (Å²) in [6.07, 6.45) is -6.46. The van der Waals surface area contributed by atoms with Crippen molar-refractivity contribution in [3.63, 3.8) is 0 Å². The predicted molar refractivity (Wildman–Crippen MR) is 278 cm³/mol. The highest BCUT2D eigenvalue weighted by atomic mass is 16.6. The molecule has 0 aliphatic rings. The van der Waals surface area contributed by atoms with Crippen LogP contribution in [0.4, 0.5) is 0 Å². The van der Waals surface area contributed by atoms with Crippen LogP contribution in [0.1, 0.15) is 133 Å². The van der Waals surface area contributed by atoms with Crippen molar-refractivity contribution < 1.29 is 114 Å². The second-order valence-corrected chi connectivity index (χ2v) is 17.8. The van der Waals surface area contributed by atoms with E-state index in [0.717, 1.165) is 0 Å². The minimum Gasteiger partial charge on any atom is -0.458 e. The molecule has 0 fully saturated rings. The molecule has 0 aromatic heterocycles. The van der Waals surface area contributed by atoms with Gasteiger partial charge in [-0.1, -0.05) is 48.5 Å². The fourth-order valence-electron chi connectivity index (χ4n) is 6.62. The second-order valence-electron chi connectivity index (χ2n) is 17.8. The molecule has 0 amide bonds. The van der Waals surface area contributed by atoms with Crippen molar-refractivity contribution in [1.82, 2.24) is 0 Å². The maximum atomic E-state index is 13.4. The summed E-state index contributed by atoms with van der Waals surface area (Å²) in [5.41, 5.74) is -1.06. The zero-order valence-electron chi connectivity index (χ0n) is 45.1. The number of ether oxygens (including phenoxy) is 10. The van der Waals surface area contributed by atoms with Crippen LogP contribution in [0, 0.1) is 0 Å². The summed E-state index contributed by atoms with van der Waals surface area (Å²) in [4.78, 5) is 176. The average Bonchev–Trinajstić information content (AvgIpc) is 3.44. The molecule has 0 unspecified atom stereocenters. The first-order valence-corrected chi connectivity index (χ1v) is 25.3. The van der Waals surface area contributed by atoms with E-state index in [1.165, 1.54) is 125 Å². The first kappa shape index (κ1) is 64.8. The van der Waals surface area contributed by atoms with E-state index >= 15 is 0 Å². The summed E-state index contributed by atoms with van der Waals surface area (Å²) < 4.78 is 53.7. The minimum absolute atomic E-state index is 0.127. The number of carbonyl (C=O) groups is 14. The zero-order chi connectivity index (χ0) is 60.1. The molecule has 4 rings (SSSR count). The Bertz CT molecular complexity index is 2640. The van der Waals surface area contributed by atoms with E-state index in [-0.39, 0.29) is 120 Å². The van der Waals surface area contributed by atoms with Gasteiger partial charge in [0.05, 0.1) is 38.5 Å². The second kappa shape index (κ2) is 33.6. The number of para-hydroxylation sites is 4. The lowest BCUT2D eigenvalue weighted by Gasteiger charge is -2.20. The van der Waals surface area contributed by atoms with Crippen LogP contribution < -0.4 is 18.9 Å². The van der Waals surface area contributed by atoms with Gasteiger partial charge in [-0.25, -0.2) is 19.2 Å². The molecule has 0 aliphatic carbocycles. The number of hydrogen-bond donors (Lipinski definition) is 0. The molecule has 24 nitrogen and oxygen atoms in total. The molecule has 0 radical (unpaired) electrons. The van der Waals surface area contributed by atoms with Gasteiger partial charge in [0.25, 0.3) is 0 Å². The van der Waals surface area contributed by atoms with E-state index in [1.54, 1.807) is 0 Å². The lowest BCUT2D eigenvalue weighted by atomic mass is 10.2. The molecule has 4 aromatic carbocycles. The normalized spacial score (nSPS) is 10.6. The Balaban J connectivity index is 1.52. The molecular formula is C58H58O24. The summed E-state index contributed by atoms with van der Waals surface area (Å²) in [6, 6.07) is 21.6. The van der Waals surface area contributed by atoms with Crippen LogP contribution in [0.15, 0.2) is 97.1 Å². The highest BCUT2D eigenvalue weighted by molar-refractivity contribution is 5.96. The highest BCUT2D eigenvalue weighted by Crippen LogP contribution is 2.25. The average molecular weight is 1140 g/mol. The van der Waals surface area contributed by atoms with Crippen molar-refractivity contribution in [3.8, 4) is 23.0 Å². The lowest BCUT2D eigenvalue weighted by molar-refractivity contribution is -0.160. The maximum absolute atomic E-state index is 13.4. The van der Waals surface area contributed by atoms with E-state index in [2.05, 4.69) is 0 Å². The molecule has 24 heteroatoms. The van der Waals surface area contributed by atoms with E-state index in [4.69, 9.17) is 47.4 Å². The molecule has 0 aliphatic heterocycles. The SMILES string of the molecule is CC(=O)CCC(=O)Oc1ccccc1C(=O)OCC(COC(=O)c1ccccc1OC(=O)CCC(C)=O)OC(=O)CCC(=O)OC(COC(=O)c1ccccc1OC(=O)CCC(C)=O)COC(=O)c1ccccc1OC(=O)CCC(C)=O. The number of esters is 10. The van der Waals surface area contributed by atoms with Gasteiger partial charge in [0.1, 0.15) is 94.8 Å². The van der Waals surface area contributed by atoms with Crippen LogP contribution >= 0.6 is 0 Å². The Morgan fingerprint density at radius 3 is 0.683 bits per heavy atom. The molecule has 82 heavy (non-hydrogen) atoms. The fourth-order valence-corrected chi connectivity index (χ4v) is 6.62. The number of carbonyl (C=O) groups excluding carboxylic acids is 14. The third-order valence-corrected chi connectivity index (χ3v) is 10.8. The first-order chi connectivity index (χ1) is 39.1. The Morgan fingerprint density at radius 2 is 0.476 bits per heavy atom. The molecule has 0 spiro atoms. The van der Waals surface area contributed by atoms with E-state index < -0.39 is 111 Å². The largest absolute Gasteiger partial charge is 0.458 e. The van der Waals surface area contributed by atoms with Crippen LogP contribution in [0.5, 0.6) is 23.0 Å². The molecule has 434 valence electrons. The molecule has 0 saturated carbocycles. The zero-order valence-corrected chi connectivity index (χ0v) is 45.1. The highest BCUT2D eigenvalue weighted by Gasteiger charge is 2.28. The van der Waals surface area contributed by atoms with E-state index in [1.807, 2.05) is 0 Å². The molecule has 0 heterocycles. The first-order valence-electron chi connectivity index (χ1n) is 25.3. The summed E-state index contributed by atoms with van der Waals surface area (Å²) in [5.74, 6) is -12.2. The van der Waals surface area contributed by atoms with E-state index in [9.17, 15) is 67.1 Å². The van der Waals surface area contributed by atoms with Gasteiger partial charge in [0.15, 0.2) is 12.2 Å². The van der Waals surface area contributed by atoms with Crippen molar-refractivity contribution in [1.29, 1.82) is 0 Å². The topological polar surface area (TPSA) is 331 Å². The summed E-state index contributed by atoms with van der Waals surface area (Å²) in [6.45, 7) is 1.82. The molecule has 0 N–H and O–H groups in total. The van der Waals surface area contributed by atoms with Crippen molar-refractivity contribution in [2.24, 2.45) is 0 Å². The Kier molecular flexibility index (Phi) is 26.6. The molecule has 4 aromatic rings. The van der Waals surface area contributed by atoms with Gasteiger partial charge in [0, 0.05) is 25.7 Å². The van der Waals surface area contributed by atoms with Gasteiger partial charge in [-0.15, -0.1) is 0 Å². The standard InChI is InChI=1S/C58H58O24/c1-35(59)21-25-51(65)79-45-17-9-5-13-41(45)55(69)73-31-39(32-74-56(70)42-14-6-10-18-46(42)80-52(66)26-22-36(2)60)77-49(63)29-30-50(64)78-40(33-75-57(71)43-15-7-11-19-47(43)81-53(67)27-23-37(3)61)34-76-58(72)44-16-8-12-20-48(44)82-54(68)28-24-38(4)62/h5-20,39-40H,21-34H2,1-4H3. The van der Waals surface area contributed by atoms with E-state index in [0.29, 0.717) is 0 Å². The molecular weight excluding hydrogens is 1080 g/mol. The minimum atomic E-state index is -1.62. The quantitative estimate of drug-likeness (QED) is 0.0295. The Morgan fingerprint density at radius 1 is 0.280 bits per heavy atom. The summed E-state index contributed by atoms with van der Waals surface area (Å²) in [5, 5.41) is 0. The number of Topliss-reactive ketones (excluding diaryl/α,β-unsaturated/α-hetero) is 4. The molecule has 0 bridgehead atoms. The van der Waals surface area contributed by atoms with Crippen molar-refractivity contribution in [2.75, 3.05) is 26.4 Å². The van der Waals surface area contributed by atoms with Crippen LogP contribution in [-0.2, 0) is 76.4 Å². The smallest absolute Gasteiger partial charge is 0.342 e. The monoisotopic (exact) mass is 1140 g/mol. The van der Waals surface area contributed by atoms with Gasteiger partial charge in [-0.2, -0.15) is 0 Å². The molecule has 0 atom stereocenters. The summed E-state index contributed by atoms with van der Waals surface area (Å²) >= 11 is 0. The van der Waals surface area contributed by atoms with Gasteiger partial charge in [0.2, 0.25) is 0 Å². The van der Waals surface area contributed by atoms with Crippen LogP contribution in [0.2, 0.25) is 0 Å². The van der Waals surface area contributed by atoms with Crippen molar-refractivity contribution >= 4 is 82.8 Å². The lowest BCUT2D eigenvalue weighted by Crippen LogP contribution is -2.32. The van der Waals surface area contributed by atoms with Gasteiger partial charge in [-0.05, 0) is 76.2 Å². The maximum Gasteiger partial charge on any atom is 0.342 e. The third-order valence-electron chi connectivity index (χ3n) is 10.8. The van der Waals surface area contributed by atoms with Crippen molar-refractivity contribution in [3.05, 3.63) is 119 Å². The van der Waals surface area contributed by atoms with Crippen LogP contribution in [0.25, 0.3) is 0 Å². The fraction of sp³-hybridized carbons (Fsp3) is 0.345.